The first-order valence-corrected chi connectivity index (χ1v) is 6.47. The Kier molecular flexibility index (Phi) is 3.92. The lowest BCUT2D eigenvalue weighted by Crippen LogP contribution is -2.28. The van der Waals surface area contributed by atoms with Crippen molar-refractivity contribution < 1.29 is 14.4 Å². The van der Waals surface area contributed by atoms with Gasteiger partial charge in [-0.15, -0.1) is 0 Å². The molecule has 1 aliphatic carbocycles. The maximum Gasteiger partial charge on any atom is 0.227 e. The number of nitrogens with one attached hydrogen (secondary N) is 1. The summed E-state index contributed by atoms with van der Waals surface area (Å²) in [6.07, 6.45) is 1.57. The highest BCUT2D eigenvalue weighted by atomic mass is 35.5. The van der Waals surface area contributed by atoms with Crippen molar-refractivity contribution in [3.63, 3.8) is 0 Å². The average molecular weight is 300 g/mol. The first-order chi connectivity index (χ1) is 8.98. The molecular formula is C13H11Cl2NO3. The van der Waals surface area contributed by atoms with Gasteiger partial charge in [0, 0.05) is 22.4 Å². The van der Waals surface area contributed by atoms with Crippen LogP contribution in [0.25, 0.3) is 0 Å². The lowest BCUT2D eigenvalue weighted by molar-refractivity contribution is -0.125. The number of ketones is 1. The van der Waals surface area contributed by atoms with E-state index in [9.17, 15) is 14.4 Å². The Morgan fingerprint density at radius 1 is 1.32 bits per heavy atom. The molecule has 2 rings (SSSR count). The summed E-state index contributed by atoms with van der Waals surface area (Å²) in [6, 6.07) is 4.64. The van der Waals surface area contributed by atoms with E-state index in [2.05, 4.69) is 0 Å². The van der Waals surface area contributed by atoms with Gasteiger partial charge in [0.15, 0.2) is 5.78 Å². The van der Waals surface area contributed by atoms with Gasteiger partial charge in [0.1, 0.15) is 0 Å². The fourth-order valence-electron chi connectivity index (χ4n) is 2.02. The van der Waals surface area contributed by atoms with Crippen molar-refractivity contribution in [1.82, 2.24) is 5.32 Å². The number of hydrogen-bond donors (Lipinski definition) is 1. The number of hydrogen-bond acceptors (Lipinski definition) is 3. The van der Waals surface area contributed by atoms with E-state index in [1.54, 1.807) is 12.1 Å². The zero-order valence-electron chi connectivity index (χ0n) is 9.91. The maximum atomic E-state index is 12.4. The van der Waals surface area contributed by atoms with Gasteiger partial charge in [-0.05, 0) is 31.0 Å². The quantitative estimate of drug-likeness (QED) is 0.671. The van der Waals surface area contributed by atoms with Gasteiger partial charge in [-0.3, -0.25) is 19.7 Å². The summed E-state index contributed by atoms with van der Waals surface area (Å²) in [7, 11) is 0. The van der Waals surface area contributed by atoms with Crippen LogP contribution in [0.1, 0.15) is 29.6 Å². The molecule has 1 aromatic carbocycles. The highest BCUT2D eigenvalue weighted by Crippen LogP contribution is 2.51. The highest BCUT2D eigenvalue weighted by Gasteiger charge is 2.51. The predicted molar refractivity (Wildman–Crippen MR) is 71.3 cm³/mol. The van der Waals surface area contributed by atoms with Crippen molar-refractivity contribution >= 4 is 41.3 Å². The molecule has 2 amide bonds. The van der Waals surface area contributed by atoms with E-state index >= 15 is 0 Å². The van der Waals surface area contributed by atoms with Crippen LogP contribution in [0.3, 0.4) is 0 Å². The topological polar surface area (TPSA) is 63.2 Å². The van der Waals surface area contributed by atoms with Crippen LogP contribution in [-0.2, 0) is 9.59 Å². The summed E-state index contributed by atoms with van der Waals surface area (Å²) in [5, 5.41) is 2.77. The van der Waals surface area contributed by atoms with Crippen molar-refractivity contribution in [3.8, 4) is 0 Å². The Morgan fingerprint density at radius 3 is 2.53 bits per heavy atom. The van der Waals surface area contributed by atoms with Gasteiger partial charge in [0.25, 0.3) is 0 Å². The highest BCUT2D eigenvalue weighted by molar-refractivity contribution is 6.37. The first-order valence-electron chi connectivity index (χ1n) is 5.71. The second kappa shape index (κ2) is 5.31. The summed E-state index contributed by atoms with van der Waals surface area (Å²) in [4.78, 5) is 34.0. The lowest BCUT2D eigenvalue weighted by atomic mass is 9.91. The minimum absolute atomic E-state index is 0.00350. The zero-order chi connectivity index (χ0) is 14.0. The third-order valence-electron chi connectivity index (χ3n) is 3.23. The van der Waals surface area contributed by atoms with Gasteiger partial charge in [-0.2, -0.15) is 0 Å². The van der Waals surface area contributed by atoms with E-state index in [1.165, 1.54) is 6.07 Å². The molecular weight excluding hydrogens is 289 g/mol. The molecule has 1 saturated carbocycles. The molecule has 19 heavy (non-hydrogen) atoms. The first kappa shape index (κ1) is 14.0. The smallest absolute Gasteiger partial charge is 0.227 e. The Bertz CT molecular complexity index is 553. The molecule has 0 atom stereocenters. The second-order valence-corrected chi connectivity index (χ2v) is 5.44. The molecule has 4 nitrogen and oxygen atoms in total. The number of carbonyl (C=O) groups is 3. The molecule has 0 spiro atoms. The molecule has 0 aliphatic heterocycles. The van der Waals surface area contributed by atoms with Crippen LogP contribution in [0.15, 0.2) is 18.2 Å². The lowest BCUT2D eigenvalue weighted by Gasteiger charge is -2.13. The molecule has 1 aromatic rings. The molecule has 0 heterocycles. The van der Waals surface area contributed by atoms with Crippen LogP contribution in [-0.4, -0.2) is 18.1 Å². The molecule has 6 heteroatoms. The summed E-state index contributed by atoms with van der Waals surface area (Å²) in [5.74, 6) is -0.624. The number of benzene rings is 1. The summed E-state index contributed by atoms with van der Waals surface area (Å²) in [5.41, 5.74) is -0.354. The summed E-state index contributed by atoms with van der Waals surface area (Å²) in [6.45, 7) is 0. The monoisotopic (exact) mass is 299 g/mol. The third-order valence-corrected chi connectivity index (χ3v) is 3.78. The van der Waals surface area contributed by atoms with Crippen LogP contribution < -0.4 is 5.32 Å². The van der Waals surface area contributed by atoms with Crippen LogP contribution in [0.4, 0.5) is 0 Å². The van der Waals surface area contributed by atoms with E-state index in [0.717, 1.165) is 0 Å². The van der Waals surface area contributed by atoms with Gasteiger partial charge in [-0.1, -0.05) is 23.2 Å². The van der Waals surface area contributed by atoms with Crippen molar-refractivity contribution in [2.75, 3.05) is 0 Å². The minimum Gasteiger partial charge on any atom is -0.299 e. The van der Waals surface area contributed by atoms with Crippen LogP contribution in [0.5, 0.6) is 0 Å². The Balaban J connectivity index is 2.19. The number of rotatable bonds is 5. The molecule has 100 valence electrons. The number of amides is 2. The number of imide groups is 1. The zero-order valence-corrected chi connectivity index (χ0v) is 11.4. The molecule has 0 bridgehead atoms. The second-order valence-electron chi connectivity index (χ2n) is 4.60. The van der Waals surface area contributed by atoms with Crippen LogP contribution in [0.2, 0.25) is 10.0 Å². The maximum absolute atomic E-state index is 12.4. The van der Waals surface area contributed by atoms with E-state index < -0.39 is 11.3 Å². The van der Waals surface area contributed by atoms with Gasteiger partial charge >= 0.3 is 0 Å². The van der Waals surface area contributed by atoms with E-state index in [1.807, 2.05) is 5.32 Å². The summed E-state index contributed by atoms with van der Waals surface area (Å²) < 4.78 is 0. The molecule has 0 saturated heterocycles. The van der Waals surface area contributed by atoms with Gasteiger partial charge < -0.3 is 0 Å². The van der Waals surface area contributed by atoms with Crippen LogP contribution in [0, 0.1) is 5.41 Å². The van der Waals surface area contributed by atoms with Gasteiger partial charge in [0.05, 0.1) is 5.02 Å². The predicted octanol–water partition coefficient (Wildman–Crippen LogP) is 2.62. The largest absolute Gasteiger partial charge is 0.299 e. The Labute approximate surface area is 120 Å². The standard InChI is InChI=1S/C13H11Cl2NO3/c14-8-1-2-9(10(15)5-8)12(19)13(3-4-13)6-11(18)16-7-17/h1-2,5,7H,3-4,6H2,(H,16,17,18). The molecule has 0 unspecified atom stereocenters. The van der Waals surface area contributed by atoms with E-state index in [0.29, 0.717) is 29.8 Å². The molecule has 1 N–H and O–H groups in total. The average Bonchev–Trinajstić information content (AvgIpc) is 3.09. The SMILES string of the molecule is O=CNC(=O)CC1(C(=O)c2ccc(Cl)cc2Cl)CC1. The van der Waals surface area contributed by atoms with Crippen LogP contribution >= 0.6 is 23.2 Å². The normalized spacial score (nSPS) is 15.7. The Hall–Kier alpha value is -1.39. The third kappa shape index (κ3) is 2.96. The Morgan fingerprint density at radius 2 is 2.00 bits per heavy atom. The fraction of sp³-hybridized carbons (Fsp3) is 0.308. The molecule has 0 aromatic heterocycles. The van der Waals surface area contributed by atoms with Gasteiger partial charge in [-0.25, -0.2) is 0 Å². The van der Waals surface area contributed by atoms with E-state index in [4.69, 9.17) is 23.2 Å². The number of carbonyl (C=O) groups excluding carboxylic acids is 3. The molecule has 1 fully saturated rings. The van der Waals surface area contributed by atoms with Crippen molar-refractivity contribution in [2.45, 2.75) is 19.3 Å². The van der Waals surface area contributed by atoms with Gasteiger partial charge in [0.2, 0.25) is 12.3 Å². The van der Waals surface area contributed by atoms with Crippen molar-refractivity contribution in [1.29, 1.82) is 0 Å². The minimum atomic E-state index is -0.718. The molecule has 0 radical (unpaired) electrons. The van der Waals surface area contributed by atoms with Crippen molar-refractivity contribution in [3.05, 3.63) is 33.8 Å². The number of Topliss-reactive ketones (excluding diaryl/α,β-unsaturated/α-hetero) is 1. The van der Waals surface area contributed by atoms with Crippen molar-refractivity contribution in [2.24, 2.45) is 5.41 Å². The summed E-state index contributed by atoms with van der Waals surface area (Å²) >= 11 is 11.8. The molecule has 1 aliphatic rings. The number of halogens is 2. The fourth-order valence-corrected chi connectivity index (χ4v) is 2.51. The van der Waals surface area contributed by atoms with E-state index in [-0.39, 0.29) is 17.2 Å².